The van der Waals surface area contributed by atoms with E-state index in [0.717, 1.165) is 38.5 Å². The fourth-order valence-electron chi connectivity index (χ4n) is 13.0. The summed E-state index contributed by atoms with van der Waals surface area (Å²) in [5.41, 5.74) is 4.54. The van der Waals surface area contributed by atoms with Gasteiger partial charge < -0.3 is 69.5 Å². The summed E-state index contributed by atoms with van der Waals surface area (Å²) >= 11 is 0. The first-order chi connectivity index (χ1) is 26.0. The van der Waals surface area contributed by atoms with E-state index in [2.05, 4.69) is 13.8 Å². The monoisotopic (exact) mass is 783 g/mol. The van der Waals surface area contributed by atoms with Crippen LogP contribution in [0.3, 0.4) is 0 Å². The Labute approximate surface area is 323 Å². The van der Waals surface area contributed by atoms with E-state index in [-0.39, 0.29) is 60.4 Å². The molecular formula is C40H65NO14. The number of esters is 1. The number of fused-ring (bicyclic) bond motifs is 5. The van der Waals surface area contributed by atoms with E-state index in [1.54, 1.807) is 6.92 Å². The van der Waals surface area contributed by atoms with Crippen molar-refractivity contribution in [3.05, 3.63) is 0 Å². The van der Waals surface area contributed by atoms with Gasteiger partial charge in [0, 0.05) is 30.6 Å². The zero-order valence-electron chi connectivity index (χ0n) is 32.7. The Kier molecular flexibility index (Phi) is 11.3. The number of aliphatic hydroxyl groups is 6. The van der Waals surface area contributed by atoms with Crippen LogP contribution in [0.2, 0.25) is 0 Å². The highest BCUT2D eigenvalue weighted by Crippen LogP contribution is 2.70. The lowest BCUT2D eigenvalue weighted by Gasteiger charge is -2.65. The van der Waals surface area contributed by atoms with Crippen molar-refractivity contribution in [2.24, 2.45) is 46.2 Å². The molecule has 8 fully saturated rings. The summed E-state index contributed by atoms with van der Waals surface area (Å²) in [6.45, 7) is 8.25. The van der Waals surface area contributed by atoms with E-state index in [9.17, 15) is 35.4 Å². The van der Waals surface area contributed by atoms with Crippen LogP contribution < -0.4 is 5.73 Å². The van der Waals surface area contributed by atoms with E-state index >= 15 is 0 Å². The van der Waals surface area contributed by atoms with Gasteiger partial charge >= 0.3 is 5.97 Å². The number of hydrogen-bond acceptors (Lipinski definition) is 15. The van der Waals surface area contributed by atoms with Gasteiger partial charge in [0.15, 0.2) is 18.9 Å². The Hall–Kier alpha value is -1.05. The maximum atomic E-state index is 12.6. The average Bonchev–Trinajstić information content (AvgIpc) is 3.67. The first-order valence-corrected chi connectivity index (χ1v) is 21.0. The molecule has 22 atom stereocenters. The number of cyclic esters (lactones) is 1. The van der Waals surface area contributed by atoms with Crippen LogP contribution in [0.25, 0.3) is 0 Å². The van der Waals surface area contributed by atoms with Crippen molar-refractivity contribution in [2.75, 3.05) is 6.61 Å². The van der Waals surface area contributed by atoms with Crippen LogP contribution in [0.1, 0.15) is 105 Å². The van der Waals surface area contributed by atoms with Gasteiger partial charge in [-0.15, -0.1) is 0 Å². The highest BCUT2D eigenvalue weighted by atomic mass is 16.7. The lowest BCUT2D eigenvalue weighted by Crippen LogP contribution is -2.67. The van der Waals surface area contributed by atoms with Gasteiger partial charge in [-0.2, -0.15) is 0 Å². The molecule has 1 unspecified atom stereocenters. The van der Waals surface area contributed by atoms with Crippen LogP contribution >= 0.6 is 0 Å². The van der Waals surface area contributed by atoms with Gasteiger partial charge in [0.05, 0.1) is 61.4 Å². The second-order valence-corrected chi connectivity index (χ2v) is 18.9. The summed E-state index contributed by atoms with van der Waals surface area (Å²) in [4.78, 5) is 12.0. The van der Waals surface area contributed by atoms with Crippen LogP contribution in [0, 0.1) is 40.4 Å². The predicted molar refractivity (Wildman–Crippen MR) is 191 cm³/mol. The van der Waals surface area contributed by atoms with Gasteiger partial charge in [0.1, 0.15) is 24.5 Å². The number of aliphatic hydroxyl groups excluding tert-OH is 5. The minimum atomic E-state index is -1.07. The molecule has 0 aromatic carbocycles. The van der Waals surface area contributed by atoms with Crippen LogP contribution in [-0.2, 0) is 38.0 Å². The van der Waals surface area contributed by atoms with Gasteiger partial charge in [-0.3, -0.25) is 4.79 Å². The largest absolute Gasteiger partial charge is 0.465 e. The molecule has 15 nitrogen and oxygen atoms in total. The number of hydrogen-bond donors (Lipinski definition) is 7. The van der Waals surface area contributed by atoms with Crippen LogP contribution in [0.15, 0.2) is 0 Å². The van der Waals surface area contributed by atoms with Crippen molar-refractivity contribution in [1.29, 1.82) is 0 Å². The smallest absolute Gasteiger partial charge is 0.306 e. The van der Waals surface area contributed by atoms with E-state index in [4.69, 9.17) is 38.9 Å². The Morgan fingerprint density at radius 1 is 0.709 bits per heavy atom. The van der Waals surface area contributed by atoms with Gasteiger partial charge in [-0.25, -0.2) is 0 Å². The Morgan fingerprint density at radius 3 is 2.04 bits per heavy atom. The standard InChI is InChI=1S/C40H65NO14/c1-18-34(47)26(42)14-32(50-18)54-36-28(44)16-33(55-37(36)41)53-35-19(2)51-31(15-27(35)43)52-22-7-9-38(3)21(12-22)5-6-24-25(38)13-29(45)39(4)23(8-10-40(24,39)48)20-11-30(46)49-17-20/h18-29,31-37,42-45,47-48H,5-17,41H2,1-4H3/t18-,19-,20?,21-,22+,23-,24-,25+,26+,27+,28+,29-,31+,32+,33-,34-,35-,36+,37+,38+,39+,40+/m1/s1. The first kappa shape index (κ1) is 40.7. The van der Waals surface area contributed by atoms with Crippen LogP contribution in [-0.4, -0.2) is 135 Å². The quantitative estimate of drug-likeness (QED) is 0.142. The normalized spacial score (nSPS) is 57.0. The third kappa shape index (κ3) is 7.02. The van der Waals surface area contributed by atoms with Gasteiger partial charge in [0.2, 0.25) is 0 Å². The highest BCUT2D eigenvalue weighted by Gasteiger charge is 2.71. The van der Waals surface area contributed by atoms with Gasteiger partial charge in [0.25, 0.3) is 0 Å². The third-order valence-electron chi connectivity index (χ3n) is 16.1. The molecule has 4 aliphatic carbocycles. The summed E-state index contributed by atoms with van der Waals surface area (Å²) < 4.78 is 41.7. The van der Waals surface area contributed by atoms with Crippen molar-refractivity contribution in [3.8, 4) is 0 Å². The average molecular weight is 784 g/mol. The predicted octanol–water partition coefficient (Wildman–Crippen LogP) is 1.19. The van der Waals surface area contributed by atoms with E-state index in [1.807, 2.05) is 6.92 Å². The number of carbonyl (C=O) groups is 1. The lowest BCUT2D eigenvalue weighted by atomic mass is 9.42. The summed E-state index contributed by atoms with van der Waals surface area (Å²) in [5.74, 6) is 0.569. The second-order valence-electron chi connectivity index (χ2n) is 18.9. The molecule has 0 radical (unpaired) electrons. The molecule has 55 heavy (non-hydrogen) atoms. The van der Waals surface area contributed by atoms with E-state index in [0.29, 0.717) is 31.8 Å². The molecule has 4 saturated carbocycles. The van der Waals surface area contributed by atoms with Crippen molar-refractivity contribution >= 4 is 5.97 Å². The van der Waals surface area contributed by atoms with Crippen molar-refractivity contribution in [3.63, 3.8) is 0 Å². The molecule has 4 saturated heterocycles. The fraction of sp³-hybridized carbons (Fsp3) is 0.975. The van der Waals surface area contributed by atoms with Gasteiger partial charge in [-0.05, 0) is 94.3 Å². The molecule has 15 heteroatoms. The van der Waals surface area contributed by atoms with E-state index < -0.39 is 91.0 Å². The topological polar surface area (TPSA) is 229 Å². The maximum absolute atomic E-state index is 12.6. The summed E-state index contributed by atoms with van der Waals surface area (Å²) in [5, 5.41) is 66.7. The number of ether oxygens (including phenoxy) is 7. The molecule has 8 aliphatic rings. The number of carbonyl (C=O) groups excluding carboxylic acids is 1. The maximum Gasteiger partial charge on any atom is 0.306 e. The molecule has 4 aliphatic heterocycles. The summed E-state index contributed by atoms with van der Waals surface area (Å²) in [7, 11) is 0. The fourth-order valence-corrected chi connectivity index (χ4v) is 13.0. The minimum absolute atomic E-state index is 0.0204. The zero-order valence-corrected chi connectivity index (χ0v) is 32.7. The number of nitrogens with two attached hydrogens (primary N) is 1. The van der Waals surface area contributed by atoms with Crippen LogP contribution in [0.4, 0.5) is 0 Å². The van der Waals surface area contributed by atoms with Crippen molar-refractivity contribution in [1.82, 2.24) is 0 Å². The summed E-state index contributed by atoms with van der Waals surface area (Å²) in [6.07, 6.45) is -4.02. The zero-order chi connectivity index (χ0) is 39.2. The molecule has 0 spiro atoms. The van der Waals surface area contributed by atoms with Gasteiger partial charge in [-0.1, -0.05) is 13.8 Å². The molecule has 4 heterocycles. The van der Waals surface area contributed by atoms with E-state index in [1.165, 1.54) is 0 Å². The molecule has 8 rings (SSSR count). The Morgan fingerprint density at radius 2 is 1.36 bits per heavy atom. The molecule has 0 amide bonds. The number of rotatable bonds is 7. The Balaban J connectivity index is 0.834. The minimum Gasteiger partial charge on any atom is -0.465 e. The molecular weight excluding hydrogens is 718 g/mol. The molecule has 0 bridgehead atoms. The highest BCUT2D eigenvalue weighted by molar-refractivity contribution is 5.71. The molecule has 314 valence electrons. The Bertz CT molecular complexity index is 1360. The third-order valence-corrected chi connectivity index (χ3v) is 16.1. The first-order valence-electron chi connectivity index (χ1n) is 21.0. The van der Waals surface area contributed by atoms with Crippen molar-refractivity contribution < 1.29 is 68.6 Å². The molecule has 0 aromatic rings. The lowest BCUT2D eigenvalue weighted by molar-refractivity contribution is -0.337. The molecule has 8 N–H and O–H groups in total. The van der Waals surface area contributed by atoms with Crippen LogP contribution in [0.5, 0.6) is 0 Å². The SMILES string of the molecule is C[C@H]1O[C@@H](O[C@H]2[C@@H](O)C[C@H](O[C@H]3[C@@H](O)C[C@H](O[C@H]4CC[C@@]5(C)[C@H](CC[C@@H]6[C@@H]5C[C@@H](O)[C@]5(C)[C@@H](C7COC(=O)C7)CC[C@]65O)C4)O[C@@H]3C)O[C@@H]2N)C[C@H](O)[C@@H]1O. The van der Waals surface area contributed by atoms with Crippen molar-refractivity contribution in [2.45, 2.75) is 196 Å². The second kappa shape index (κ2) is 15.2. The summed E-state index contributed by atoms with van der Waals surface area (Å²) in [6, 6.07) is 0. The molecule has 0 aromatic heterocycles.